The zero-order valence-corrected chi connectivity index (χ0v) is 13.8. The maximum Gasteiger partial charge on any atom is 0.254 e. The molecule has 0 radical (unpaired) electrons. The minimum absolute atomic E-state index is 0.0330. The summed E-state index contributed by atoms with van der Waals surface area (Å²) in [5.74, 6) is 0.00775. The lowest BCUT2D eigenvalue weighted by Gasteiger charge is -2.54. The highest BCUT2D eigenvalue weighted by atomic mass is 16.5. The van der Waals surface area contributed by atoms with Crippen LogP contribution in [0, 0.1) is 6.92 Å². The molecule has 6 heteroatoms. The second kappa shape index (κ2) is 5.94. The van der Waals surface area contributed by atoms with Gasteiger partial charge in [-0.15, -0.1) is 0 Å². The predicted molar refractivity (Wildman–Crippen MR) is 86.3 cm³/mol. The van der Waals surface area contributed by atoms with Crippen LogP contribution in [0.2, 0.25) is 0 Å². The number of ether oxygens (including phenoxy) is 1. The average Bonchev–Trinajstić information content (AvgIpc) is 2.51. The van der Waals surface area contributed by atoms with E-state index in [2.05, 4.69) is 5.32 Å². The lowest BCUT2D eigenvalue weighted by molar-refractivity contribution is -0.187. The monoisotopic (exact) mass is 317 g/mol. The largest absolute Gasteiger partial charge is 0.368 e. The summed E-state index contributed by atoms with van der Waals surface area (Å²) < 4.78 is 5.95. The molecule has 6 nitrogen and oxygen atoms in total. The van der Waals surface area contributed by atoms with E-state index in [0.717, 1.165) is 5.56 Å². The molecule has 2 fully saturated rings. The molecule has 0 aromatic heterocycles. The quantitative estimate of drug-likeness (QED) is 0.850. The van der Waals surface area contributed by atoms with Crippen molar-refractivity contribution in [2.24, 2.45) is 0 Å². The van der Waals surface area contributed by atoms with Crippen LogP contribution in [-0.4, -0.2) is 73.6 Å². The van der Waals surface area contributed by atoms with E-state index in [1.54, 1.807) is 7.05 Å². The van der Waals surface area contributed by atoms with Crippen molar-refractivity contribution in [1.82, 2.24) is 15.1 Å². The third kappa shape index (κ3) is 2.96. The molecular formula is C17H23N3O3. The number of likely N-dealkylation sites (N-methyl/N-ethyl adjacent to an activating group) is 2. The number of aryl methyl sites for hydroxylation is 1. The van der Waals surface area contributed by atoms with Gasteiger partial charge in [-0.2, -0.15) is 0 Å². The van der Waals surface area contributed by atoms with E-state index >= 15 is 0 Å². The van der Waals surface area contributed by atoms with Crippen LogP contribution in [0.15, 0.2) is 24.3 Å². The fourth-order valence-electron chi connectivity index (χ4n) is 3.38. The van der Waals surface area contributed by atoms with E-state index in [1.165, 1.54) is 0 Å². The van der Waals surface area contributed by atoms with Crippen LogP contribution >= 0.6 is 0 Å². The fourth-order valence-corrected chi connectivity index (χ4v) is 3.38. The molecule has 0 bridgehead atoms. The number of benzene rings is 1. The third-order valence-electron chi connectivity index (χ3n) is 4.68. The van der Waals surface area contributed by atoms with Crippen molar-refractivity contribution in [3.63, 3.8) is 0 Å². The van der Waals surface area contributed by atoms with Crippen LogP contribution in [0.5, 0.6) is 0 Å². The van der Waals surface area contributed by atoms with Gasteiger partial charge in [-0.05, 0) is 26.1 Å². The Morgan fingerprint density at radius 1 is 1.30 bits per heavy atom. The Morgan fingerprint density at radius 2 is 2.04 bits per heavy atom. The lowest BCUT2D eigenvalue weighted by Crippen LogP contribution is -2.73. The van der Waals surface area contributed by atoms with Gasteiger partial charge in [0.2, 0.25) is 5.91 Å². The number of carbonyl (C=O) groups is 2. The Kier molecular flexibility index (Phi) is 4.12. The van der Waals surface area contributed by atoms with Crippen LogP contribution in [0.3, 0.4) is 0 Å². The Morgan fingerprint density at radius 3 is 2.65 bits per heavy atom. The van der Waals surface area contributed by atoms with Gasteiger partial charge < -0.3 is 15.0 Å². The molecule has 2 saturated heterocycles. The van der Waals surface area contributed by atoms with Crippen molar-refractivity contribution < 1.29 is 14.3 Å². The molecule has 1 N–H and O–H groups in total. The zero-order chi connectivity index (χ0) is 16.6. The Hall–Kier alpha value is -1.92. The van der Waals surface area contributed by atoms with Crippen molar-refractivity contribution in [2.45, 2.75) is 18.6 Å². The van der Waals surface area contributed by atoms with Gasteiger partial charge in [0.05, 0.1) is 19.7 Å². The van der Waals surface area contributed by atoms with E-state index in [9.17, 15) is 9.59 Å². The van der Waals surface area contributed by atoms with Gasteiger partial charge in [0.25, 0.3) is 5.91 Å². The number of hydrogen-bond acceptors (Lipinski definition) is 4. The molecule has 124 valence electrons. The zero-order valence-electron chi connectivity index (χ0n) is 13.8. The smallest absolute Gasteiger partial charge is 0.254 e. The molecule has 0 unspecified atom stereocenters. The van der Waals surface area contributed by atoms with Gasteiger partial charge >= 0.3 is 0 Å². The van der Waals surface area contributed by atoms with Crippen molar-refractivity contribution in [3.8, 4) is 0 Å². The lowest BCUT2D eigenvalue weighted by atomic mass is 9.90. The van der Waals surface area contributed by atoms with Crippen molar-refractivity contribution in [2.75, 3.05) is 40.3 Å². The molecule has 1 aromatic rings. The number of nitrogens with zero attached hydrogens (tertiary/aromatic N) is 2. The van der Waals surface area contributed by atoms with Gasteiger partial charge in [0, 0.05) is 19.2 Å². The Bertz CT molecular complexity index is 625. The van der Waals surface area contributed by atoms with E-state index in [-0.39, 0.29) is 23.5 Å². The van der Waals surface area contributed by atoms with Crippen molar-refractivity contribution in [3.05, 3.63) is 35.4 Å². The standard InChI is InChI=1S/C17H23N3O3/c1-12-5-4-6-13(7-12)16(22)20-10-17(11-20)9-19(3)14(8-23-17)15(21)18-2/h4-7,14H,8-11H2,1-3H3,(H,18,21)/t14-/m1/s1. The molecule has 23 heavy (non-hydrogen) atoms. The summed E-state index contributed by atoms with van der Waals surface area (Å²) >= 11 is 0. The molecule has 2 amide bonds. The van der Waals surface area contributed by atoms with Crippen LogP contribution < -0.4 is 5.32 Å². The van der Waals surface area contributed by atoms with Gasteiger partial charge in [0.15, 0.2) is 0 Å². The van der Waals surface area contributed by atoms with Gasteiger partial charge in [-0.1, -0.05) is 17.7 Å². The summed E-state index contributed by atoms with van der Waals surface area (Å²) in [5.41, 5.74) is 1.46. The predicted octanol–water partition coefficient (Wildman–Crippen LogP) is 0.266. The van der Waals surface area contributed by atoms with Crippen LogP contribution in [0.4, 0.5) is 0 Å². The number of carbonyl (C=O) groups excluding carboxylic acids is 2. The SMILES string of the molecule is CNC(=O)[C@H]1COC2(CN(C(=O)c3cccc(C)c3)C2)CN1C. The molecule has 2 heterocycles. The molecule has 3 rings (SSSR count). The minimum atomic E-state index is -0.335. The van der Waals surface area contributed by atoms with E-state index < -0.39 is 0 Å². The first-order valence-corrected chi connectivity index (χ1v) is 7.86. The van der Waals surface area contributed by atoms with Crippen molar-refractivity contribution >= 4 is 11.8 Å². The first-order chi connectivity index (χ1) is 10.9. The van der Waals surface area contributed by atoms with Crippen molar-refractivity contribution in [1.29, 1.82) is 0 Å². The summed E-state index contributed by atoms with van der Waals surface area (Å²) in [6, 6.07) is 7.37. The Labute approximate surface area is 136 Å². The molecule has 0 aliphatic carbocycles. The average molecular weight is 317 g/mol. The summed E-state index contributed by atoms with van der Waals surface area (Å²) in [7, 11) is 3.56. The number of amides is 2. The maximum atomic E-state index is 12.5. The number of nitrogens with one attached hydrogen (secondary N) is 1. The second-order valence-corrected chi connectivity index (χ2v) is 6.57. The molecule has 0 saturated carbocycles. The molecule has 1 spiro atoms. The van der Waals surface area contributed by atoms with E-state index in [0.29, 0.717) is 31.8 Å². The molecule has 1 aromatic carbocycles. The van der Waals surface area contributed by atoms with E-state index in [4.69, 9.17) is 4.74 Å². The fraction of sp³-hybridized carbons (Fsp3) is 0.529. The van der Waals surface area contributed by atoms with E-state index in [1.807, 2.05) is 48.0 Å². The van der Waals surface area contributed by atoms with Gasteiger partial charge in [-0.25, -0.2) is 0 Å². The third-order valence-corrected chi connectivity index (χ3v) is 4.68. The summed E-state index contributed by atoms with van der Waals surface area (Å²) in [4.78, 5) is 28.1. The number of hydrogen-bond donors (Lipinski definition) is 1. The summed E-state index contributed by atoms with van der Waals surface area (Å²) in [5, 5.41) is 2.66. The topological polar surface area (TPSA) is 61.9 Å². The highest BCUT2D eigenvalue weighted by Gasteiger charge is 2.51. The highest BCUT2D eigenvalue weighted by Crippen LogP contribution is 2.31. The minimum Gasteiger partial charge on any atom is -0.368 e. The summed E-state index contributed by atoms with van der Waals surface area (Å²) in [6.45, 7) is 4.15. The molecule has 2 aliphatic heterocycles. The normalized spacial score (nSPS) is 23.4. The Balaban J connectivity index is 1.61. The van der Waals surface area contributed by atoms with Crippen LogP contribution in [0.1, 0.15) is 15.9 Å². The highest BCUT2D eigenvalue weighted by molar-refractivity contribution is 5.95. The molecule has 2 aliphatic rings. The van der Waals surface area contributed by atoms with Gasteiger partial charge in [0.1, 0.15) is 11.6 Å². The first kappa shape index (κ1) is 16.0. The molecular weight excluding hydrogens is 294 g/mol. The second-order valence-electron chi connectivity index (χ2n) is 6.57. The molecule has 1 atom stereocenters. The number of morpholine rings is 1. The summed E-state index contributed by atoms with van der Waals surface area (Å²) in [6.07, 6.45) is 0. The van der Waals surface area contributed by atoms with Crippen LogP contribution in [0.25, 0.3) is 0 Å². The first-order valence-electron chi connectivity index (χ1n) is 7.86. The number of rotatable bonds is 2. The van der Waals surface area contributed by atoms with Crippen LogP contribution in [-0.2, 0) is 9.53 Å². The van der Waals surface area contributed by atoms with Gasteiger partial charge in [-0.3, -0.25) is 14.5 Å². The maximum absolute atomic E-state index is 12.5. The number of likely N-dealkylation sites (tertiary alicyclic amines) is 1.